The highest BCUT2D eigenvalue weighted by molar-refractivity contribution is 7.89. The second-order valence-corrected chi connectivity index (χ2v) is 8.41. The molecule has 1 amide bonds. The zero-order chi connectivity index (χ0) is 16.8. The van der Waals surface area contributed by atoms with Crippen molar-refractivity contribution in [2.24, 2.45) is 5.92 Å². The second kappa shape index (κ2) is 7.81. The van der Waals surface area contributed by atoms with Gasteiger partial charge in [0, 0.05) is 12.6 Å². The van der Waals surface area contributed by atoms with Gasteiger partial charge in [-0.15, -0.1) is 5.73 Å². The number of hydrogen-bond acceptors (Lipinski definition) is 4. The Labute approximate surface area is 133 Å². The van der Waals surface area contributed by atoms with E-state index in [1.165, 1.54) is 6.08 Å². The fourth-order valence-electron chi connectivity index (χ4n) is 2.44. The van der Waals surface area contributed by atoms with Gasteiger partial charge in [-0.3, -0.25) is 0 Å². The van der Waals surface area contributed by atoms with Crippen molar-refractivity contribution in [1.29, 1.82) is 0 Å². The Kier molecular flexibility index (Phi) is 6.66. The molecule has 2 N–H and O–H groups in total. The van der Waals surface area contributed by atoms with Crippen molar-refractivity contribution in [2.75, 3.05) is 12.3 Å². The minimum atomic E-state index is -3.31. The van der Waals surface area contributed by atoms with Crippen LogP contribution in [-0.2, 0) is 14.8 Å². The number of sulfonamides is 1. The maximum Gasteiger partial charge on any atom is 0.407 e. The number of alkyl carbamates (subject to hydrolysis) is 1. The molecule has 0 aromatic rings. The van der Waals surface area contributed by atoms with E-state index in [2.05, 4.69) is 22.3 Å². The van der Waals surface area contributed by atoms with E-state index in [9.17, 15) is 13.2 Å². The van der Waals surface area contributed by atoms with Gasteiger partial charge in [-0.2, -0.15) is 0 Å². The summed E-state index contributed by atoms with van der Waals surface area (Å²) in [7, 11) is -3.31. The summed E-state index contributed by atoms with van der Waals surface area (Å²) in [5.74, 6) is 0.120. The number of hydrogen-bond donors (Lipinski definition) is 2. The van der Waals surface area contributed by atoms with Crippen molar-refractivity contribution in [2.45, 2.75) is 51.7 Å². The van der Waals surface area contributed by atoms with Gasteiger partial charge in [0.05, 0.1) is 5.75 Å². The molecule has 0 spiro atoms. The van der Waals surface area contributed by atoms with E-state index in [4.69, 9.17) is 4.74 Å². The van der Waals surface area contributed by atoms with Gasteiger partial charge < -0.3 is 10.1 Å². The number of rotatable bonds is 6. The van der Waals surface area contributed by atoms with Crippen LogP contribution in [0.15, 0.2) is 18.4 Å². The fourth-order valence-corrected chi connectivity index (χ4v) is 3.82. The standard InChI is InChI=1S/C15H26N2O4S/c1-5-6-9-16-22(19,20)11-12-7-8-13(10-12)17-14(18)21-15(2,3)4/h6,12-13,16H,1,7-11H2,2-4H3,(H,17,18)/t12-,13+/m1/s1. The highest BCUT2D eigenvalue weighted by Gasteiger charge is 2.30. The minimum absolute atomic E-state index is 0.0249. The Balaban J connectivity index is 2.39. The molecule has 0 unspecified atom stereocenters. The van der Waals surface area contributed by atoms with Crippen LogP contribution in [-0.4, -0.2) is 38.5 Å². The molecule has 1 fully saturated rings. The summed E-state index contributed by atoms with van der Waals surface area (Å²) >= 11 is 0. The van der Waals surface area contributed by atoms with E-state index >= 15 is 0 Å². The van der Waals surface area contributed by atoms with Gasteiger partial charge >= 0.3 is 6.09 Å². The van der Waals surface area contributed by atoms with Gasteiger partial charge in [0.15, 0.2) is 0 Å². The second-order valence-electron chi connectivity index (χ2n) is 6.56. The Morgan fingerprint density at radius 2 is 2.09 bits per heavy atom. The van der Waals surface area contributed by atoms with E-state index in [-0.39, 0.29) is 24.3 Å². The van der Waals surface area contributed by atoms with Crippen LogP contribution >= 0.6 is 0 Å². The van der Waals surface area contributed by atoms with E-state index in [0.717, 1.165) is 12.8 Å². The molecule has 0 bridgehead atoms. The van der Waals surface area contributed by atoms with Crippen molar-refractivity contribution in [3.8, 4) is 0 Å². The molecule has 0 aromatic heterocycles. The highest BCUT2D eigenvalue weighted by Crippen LogP contribution is 2.27. The third-order valence-electron chi connectivity index (χ3n) is 3.27. The Hall–Kier alpha value is -1.30. The summed E-state index contributed by atoms with van der Waals surface area (Å²) in [6.07, 6.45) is 3.27. The molecule has 0 heterocycles. The van der Waals surface area contributed by atoms with Crippen LogP contribution in [0.2, 0.25) is 0 Å². The van der Waals surface area contributed by atoms with Gasteiger partial charge in [-0.05, 0) is 52.0 Å². The average Bonchev–Trinajstić information content (AvgIpc) is 2.72. The van der Waals surface area contributed by atoms with E-state index in [1.807, 2.05) is 0 Å². The summed E-state index contributed by atoms with van der Waals surface area (Å²) in [5, 5.41) is 2.80. The van der Waals surface area contributed by atoms with Gasteiger partial charge in [0.2, 0.25) is 10.0 Å². The lowest BCUT2D eigenvalue weighted by Crippen LogP contribution is -2.38. The quantitative estimate of drug-likeness (QED) is 0.729. The van der Waals surface area contributed by atoms with Crippen molar-refractivity contribution in [1.82, 2.24) is 10.0 Å². The molecule has 1 aliphatic rings. The lowest BCUT2D eigenvalue weighted by atomic mass is 10.1. The van der Waals surface area contributed by atoms with Crippen LogP contribution in [0, 0.1) is 5.92 Å². The van der Waals surface area contributed by atoms with Crippen LogP contribution in [0.1, 0.15) is 40.0 Å². The third kappa shape index (κ3) is 7.64. The van der Waals surface area contributed by atoms with E-state index in [0.29, 0.717) is 6.42 Å². The summed E-state index contributed by atoms with van der Waals surface area (Å²) in [4.78, 5) is 11.7. The third-order valence-corrected chi connectivity index (χ3v) is 4.78. The van der Waals surface area contributed by atoms with Gasteiger partial charge in [-0.1, -0.05) is 6.58 Å². The van der Waals surface area contributed by atoms with Crippen LogP contribution in [0.4, 0.5) is 4.79 Å². The molecular weight excluding hydrogens is 304 g/mol. The average molecular weight is 330 g/mol. The largest absolute Gasteiger partial charge is 0.444 e. The molecular formula is C15H26N2O4S. The van der Waals surface area contributed by atoms with Crippen molar-refractivity contribution >= 4 is 16.1 Å². The lowest BCUT2D eigenvalue weighted by Gasteiger charge is -2.21. The summed E-state index contributed by atoms with van der Waals surface area (Å²) < 4.78 is 31.5. The highest BCUT2D eigenvalue weighted by atomic mass is 32.2. The molecule has 2 atom stereocenters. The Morgan fingerprint density at radius 1 is 1.41 bits per heavy atom. The van der Waals surface area contributed by atoms with Crippen LogP contribution < -0.4 is 10.0 Å². The first-order valence-electron chi connectivity index (χ1n) is 7.42. The maximum absolute atomic E-state index is 11.9. The normalized spacial score (nSPS) is 22.0. The first-order chi connectivity index (χ1) is 10.1. The molecule has 1 saturated carbocycles. The molecule has 0 aromatic carbocycles. The first kappa shape index (κ1) is 18.7. The minimum Gasteiger partial charge on any atom is -0.444 e. The number of ether oxygens (including phenoxy) is 1. The Morgan fingerprint density at radius 3 is 2.68 bits per heavy atom. The summed E-state index contributed by atoms with van der Waals surface area (Å²) in [5.41, 5.74) is 1.98. The molecule has 126 valence electrons. The lowest BCUT2D eigenvalue weighted by molar-refractivity contribution is 0.0505. The van der Waals surface area contributed by atoms with Gasteiger partial charge in [-0.25, -0.2) is 17.9 Å². The molecule has 0 saturated heterocycles. The molecule has 6 nitrogen and oxygen atoms in total. The molecule has 0 aliphatic heterocycles. The zero-order valence-corrected chi connectivity index (χ0v) is 14.3. The smallest absolute Gasteiger partial charge is 0.407 e. The summed E-state index contributed by atoms with van der Waals surface area (Å²) in [6, 6.07) is -0.0249. The molecule has 1 rings (SSSR count). The van der Waals surface area contributed by atoms with Gasteiger partial charge in [0.1, 0.15) is 5.60 Å². The number of carbonyl (C=O) groups is 1. The SMILES string of the molecule is C=C=CCNS(=O)(=O)C[C@@H]1CC[C@H](NC(=O)OC(C)(C)C)C1. The topological polar surface area (TPSA) is 84.5 Å². The van der Waals surface area contributed by atoms with Crippen molar-refractivity contribution in [3.63, 3.8) is 0 Å². The number of amides is 1. The molecule has 1 aliphatic carbocycles. The number of carbonyl (C=O) groups excluding carboxylic acids is 1. The number of nitrogens with one attached hydrogen (secondary N) is 2. The van der Waals surface area contributed by atoms with E-state index < -0.39 is 21.7 Å². The predicted octanol–water partition coefficient (Wildman–Crippen LogP) is 1.94. The first-order valence-corrected chi connectivity index (χ1v) is 9.07. The predicted molar refractivity (Wildman–Crippen MR) is 86.0 cm³/mol. The van der Waals surface area contributed by atoms with Crippen LogP contribution in [0.3, 0.4) is 0 Å². The monoisotopic (exact) mass is 330 g/mol. The summed E-state index contributed by atoms with van der Waals surface area (Å²) in [6.45, 7) is 9.00. The Bertz CT molecular complexity index is 530. The maximum atomic E-state index is 11.9. The molecule has 7 heteroatoms. The van der Waals surface area contributed by atoms with Crippen LogP contribution in [0.5, 0.6) is 0 Å². The van der Waals surface area contributed by atoms with E-state index in [1.54, 1.807) is 20.8 Å². The molecule has 22 heavy (non-hydrogen) atoms. The van der Waals surface area contributed by atoms with Crippen molar-refractivity contribution in [3.05, 3.63) is 18.4 Å². The van der Waals surface area contributed by atoms with Crippen LogP contribution in [0.25, 0.3) is 0 Å². The zero-order valence-electron chi connectivity index (χ0n) is 13.5. The van der Waals surface area contributed by atoms with Crippen molar-refractivity contribution < 1.29 is 17.9 Å². The fraction of sp³-hybridized carbons (Fsp3) is 0.733. The van der Waals surface area contributed by atoms with Gasteiger partial charge in [0.25, 0.3) is 0 Å². The molecule has 0 radical (unpaired) electrons.